The Labute approximate surface area is 124 Å². The standard InChI is InChI=1S/C15H12F2N2OS/c16-10-5-9(7-18)6-11(17)15(10)20-8-14-19-12-3-1-2-4-13(12)21-14/h1-6H,7-8,18H2. The summed E-state index contributed by atoms with van der Waals surface area (Å²) >= 11 is 1.43. The number of ether oxygens (including phenoxy) is 1. The lowest BCUT2D eigenvalue weighted by Gasteiger charge is -2.08. The zero-order chi connectivity index (χ0) is 14.8. The van der Waals surface area contributed by atoms with Gasteiger partial charge in [0, 0.05) is 6.54 Å². The summed E-state index contributed by atoms with van der Waals surface area (Å²) in [6.45, 7) is 0.0984. The van der Waals surface area contributed by atoms with E-state index in [2.05, 4.69) is 4.98 Å². The number of benzene rings is 2. The summed E-state index contributed by atoms with van der Waals surface area (Å²) in [5.41, 5.74) is 6.60. The molecule has 0 fully saturated rings. The molecule has 0 amide bonds. The Morgan fingerprint density at radius 3 is 2.52 bits per heavy atom. The van der Waals surface area contributed by atoms with Crippen LogP contribution < -0.4 is 10.5 Å². The highest BCUT2D eigenvalue weighted by molar-refractivity contribution is 7.18. The molecule has 6 heteroatoms. The Morgan fingerprint density at radius 1 is 1.14 bits per heavy atom. The van der Waals surface area contributed by atoms with Gasteiger partial charge in [-0.1, -0.05) is 12.1 Å². The molecule has 0 saturated heterocycles. The van der Waals surface area contributed by atoms with Crippen LogP contribution in [0.15, 0.2) is 36.4 Å². The highest BCUT2D eigenvalue weighted by atomic mass is 32.1. The fourth-order valence-corrected chi connectivity index (χ4v) is 2.86. The molecule has 108 valence electrons. The third-order valence-electron chi connectivity index (χ3n) is 2.97. The van der Waals surface area contributed by atoms with Crippen molar-refractivity contribution in [1.29, 1.82) is 0 Å². The van der Waals surface area contributed by atoms with Gasteiger partial charge >= 0.3 is 0 Å². The summed E-state index contributed by atoms with van der Waals surface area (Å²) in [6.07, 6.45) is 0. The first kappa shape index (κ1) is 13.9. The zero-order valence-electron chi connectivity index (χ0n) is 11.0. The molecule has 1 heterocycles. The number of nitrogens with zero attached hydrogens (tertiary/aromatic N) is 1. The second kappa shape index (κ2) is 5.75. The molecule has 0 aliphatic carbocycles. The lowest BCUT2D eigenvalue weighted by atomic mass is 10.2. The highest BCUT2D eigenvalue weighted by Gasteiger charge is 2.13. The van der Waals surface area contributed by atoms with Crippen molar-refractivity contribution in [3.05, 3.63) is 58.6 Å². The second-order valence-corrected chi connectivity index (χ2v) is 5.57. The van der Waals surface area contributed by atoms with Crippen LogP contribution in [0.25, 0.3) is 10.2 Å². The van der Waals surface area contributed by atoms with E-state index in [0.717, 1.165) is 10.2 Å². The van der Waals surface area contributed by atoms with Gasteiger partial charge in [0.15, 0.2) is 17.4 Å². The first-order valence-electron chi connectivity index (χ1n) is 6.32. The molecule has 3 rings (SSSR count). The lowest BCUT2D eigenvalue weighted by Crippen LogP contribution is -2.03. The second-order valence-electron chi connectivity index (χ2n) is 4.46. The van der Waals surface area contributed by atoms with Gasteiger partial charge in [0.25, 0.3) is 0 Å². The molecule has 0 aliphatic heterocycles. The smallest absolute Gasteiger partial charge is 0.191 e. The van der Waals surface area contributed by atoms with Gasteiger partial charge in [0.1, 0.15) is 11.6 Å². The number of para-hydroxylation sites is 1. The zero-order valence-corrected chi connectivity index (χ0v) is 11.8. The summed E-state index contributed by atoms with van der Waals surface area (Å²) in [4.78, 5) is 4.35. The van der Waals surface area contributed by atoms with Crippen molar-refractivity contribution < 1.29 is 13.5 Å². The Kier molecular flexibility index (Phi) is 3.81. The molecule has 0 radical (unpaired) electrons. The molecular formula is C15H12F2N2OS. The van der Waals surface area contributed by atoms with Gasteiger partial charge in [-0.15, -0.1) is 11.3 Å². The van der Waals surface area contributed by atoms with Gasteiger partial charge < -0.3 is 10.5 Å². The molecule has 1 aromatic heterocycles. The van der Waals surface area contributed by atoms with E-state index in [0.29, 0.717) is 10.6 Å². The molecule has 0 saturated carbocycles. The fourth-order valence-electron chi connectivity index (χ4n) is 1.98. The molecule has 0 unspecified atom stereocenters. The van der Waals surface area contributed by atoms with Crippen molar-refractivity contribution in [3.8, 4) is 5.75 Å². The van der Waals surface area contributed by atoms with E-state index in [1.807, 2.05) is 24.3 Å². The molecule has 21 heavy (non-hydrogen) atoms. The van der Waals surface area contributed by atoms with Crippen LogP contribution in [0.1, 0.15) is 10.6 Å². The van der Waals surface area contributed by atoms with E-state index >= 15 is 0 Å². The van der Waals surface area contributed by atoms with Crippen molar-refractivity contribution in [1.82, 2.24) is 4.98 Å². The number of hydrogen-bond donors (Lipinski definition) is 1. The van der Waals surface area contributed by atoms with E-state index in [1.54, 1.807) is 0 Å². The maximum Gasteiger partial charge on any atom is 0.191 e. The predicted octanol–water partition coefficient (Wildman–Crippen LogP) is 3.61. The van der Waals surface area contributed by atoms with Crippen LogP contribution in [0, 0.1) is 11.6 Å². The number of nitrogens with two attached hydrogens (primary N) is 1. The molecule has 0 spiro atoms. The van der Waals surface area contributed by atoms with Crippen LogP contribution in [0.5, 0.6) is 5.75 Å². The first-order valence-corrected chi connectivity index (χ1v) is 7.14. The van der Waals surface area contributed by atoms with Crippen molar-refractivity contribution in [2.45, 2.75) is 13.2 Å². The van der Waals surface area contributed by atoms with E-state index in [-0.39, 0.29) is 13.2 Å². The van der Waals surface area contributed by atoms with Crippen LogP contribution in [-0.4, -0.2) is 4.98 Å². The van der Waals surface area contributed by atoms with Gasteiger partial charge in [-0.2, -0.15) is 0 Å². The fraction of sp³-hybridized carbons (Fsp3) is 0.133. The number of thiazole rings is 1. The van der Waals surface area contributed by atoms with Crippen LogP contribution in [0.2, 0.25) is 0 Å². The molecule has 2 N–H and O–H groups in total. The van der Waals surface area contributed by atoms with Gasteiger partial charge in [0.2, 0.25) is 0 Å². The maximum absolute atomic E-state index is 13.8. The van der Waals surface area contributed by atoms with Crippen LogP contribution >= 0.6 is 11.3 Å². The normalized spacial score (nSPS) is 11.0. The highest BCUT2D eigenvalue weighted by Crippen LogP contribution is 2.26. The molecule has 3 nitrogen and oxygen atoms in total. The summed E-state index contributed by atoms with van der Waals surface area (Å²) in [5.74, 6) is -1.90. The number of halogens is 2. The van der Waals surface area contributed by atoms with Crippen molar-refractivity contribution in [2.75, 3.05) is 0 Å². The first-order chi connectivity index (χ1) is 10.2. The third kappa shape index (κ3) is 2.86. The van der Waals surface area contributed by atoms with Crippen molar-refractivity contribution in [2.24, 2.45) is 5.73 Å². The van der Waals surface area contributed by atoms with E-state index < -0.39 is 17.4 Å². The van der Waals surface area contributed by atoms with Gasteiger partial charge in [-0.3, -0.25) is 0 Å². The number of hydrogen-bond acceptors (Lipinski definition) is 4. The number of aromatic nitrogens is 1. The Morgan fingerprint density at radius 2 is 1.86 bits per heavy atom. The number of fused-ring (bicyclic) bond motifs is 1. The SMILES string of the molecule is NCc1cc(F)c(OCc2nc3ccccc3s2)c(F)c1. The minimum Gasteiger partial charge on any atom is -0.480 e. The molecule has 0 aliphatic rings. The minimum absolute atomic E-state index is 0.0230. The van der Waals surface area contributed by atoms with Gasteiger partial charge in [0.05, 0.1) is 10.2 Å². The Hall–Kier alpha value is -2.05. The van der Waals surface area contributed by atoms with Crippen molar-refractivity contribution >= 4 is 21.6 Å². The molecular weight excluding hydrogens is 294 g/mol. The Balaban J connectivity index is 1.81. The van der Waals surface area contributed by atoms with E-state index in [4.69, 9.17) is 10.5 Å². The summed E-state index contributed by atoms with van der Waals surface area (Å²) in [5, 5.41) is 0.665. The monoisotopic (exact) mass is 306 g/mol. The summed E-state index contributed by atoms with van der Waals surface area (Å²) in [7, 11) is 0. The number of rotatable bonds is 4. The summed E-state index contributed by atoms with van der Waals surface area (Å²) in [6, 6.07) is 9.97. The average molecular weight is 306 g/mol. The topological polar surface area (TPSA) is 48.1 Å². The quantitative estimate of drug-likeness (QED) is 0.801. The molecule has 0 bridgehead atoms. The van der Waals surface area contributed by atoms with Crippen LogP contribution in [0.4, 0.5) is 8.78 Å². The summed E-state index contributed by atoms with van der Waals surface area (Å²) < 4.78 is 33.8. The lowest BCUT2D eigenvalue weighted by molar-refractivity contribution is 0.273. The molecule has 2 aromatic carbocycles. The van der Waals surface area contributed by atoms with Crippen LogP contribution in [-0.2, 0) is 13.2 Å². The Bertz CT molecular complexity index is 732. The molecule has 3 aromatic rings. The largest absolute Gasteiger partial charge is 0.480 e. The van der Waals surface area contributed by atoms with E-state index in [9.17, 15) is 8.78 Å². The maximum atomic E-state index is 13.8. The minimum atomic E-state index is -0.753. The van der Waals surface area contributed by atoms with Gasteiger partial charge in [-0.05, 0) is 29.8 Å². The third-order valence-corrected chi connectivity index (χ3v) is 3.98. The van der Waals surface area contributed by atoms with Gasteiger partial charge in [-0.25, -0.2) is 13.8 Å². The molecule has 0 atom stereocenters. The van der Waals surface area contributed by atoms with E-state index in [1.165, 1.54) is 23.5 Å². The predicted molar refractivity (Wildman–Crippen MR) is 78.2 cm³/mol. The van der Waals surface area contributed by atoms with Crippen LogP contribution in [0.3, 0.4) is 0 Å². The average Bonchev–Trinajstić information content (AvgIpc) is 2.88. The van der Waals surface area contributed by atoms with Crippen molar-refractivity contribution in [3.63, 3.8) is 0 Å².